The van der Waals surface area contributed by atoms with Gasteiger partial charge in [-0.15, -0.1) is 0 Å². The number of rotatable bonds is 0. The van der Waals surface area contributed by atoms with Crippen LogP contribution in [0.4, 0.5) is 0 Å². The van der Waals surface area contributed by atoms with Crippen molar-refractivity contribution >= 4 is 5.71 Å². The summed E-state index contributed by atoms with van der Waals surface area (Å²) in [6.07, 6.45) is 1.24. The minimum Gasteiger partial charge on any atom is -0.236 e. The molecule has 0 atom stereocenters. The normalized spacial score (nSPS) is 20.4. The maximum absolute atomic E-state index is 2.32. The Morgan fingerprint density at radius 3 is 2.30 bits per heavy atom. The van der Waals surface area contributed by atoms with Gasteiger partial charge in [0.25, 0.3) is 0 Å². The van der Waals surface area contributed by atoms with Crippen molar-refractivity contribution in [2.24, 2.45) is 0 Å². The standard InChI is InChI=1S/C9H16N/c1-7-5-6-10(4)9(3)8(7)2/h5-6H2,1-4H3/q+1. The number of hydrogen-bond donors (Lipinski definition) is 0. The summed E-state index contributed by atoms with van der Waals surface area (Å²) in [7, 11) is 2.16. The Labute approximate surface area is 63.1 Å². The average molecular weight is 138 g/mol. The average Bonchev–Trinajstić information content (AvgIpc) is 1.93. The molecule has 0 saturated heterocycles. The monoisotopic (exact) mass is 138 g/mol. The summed E-state index contributed by atoms with van der Waals surface area (Å²) in [5.41, 5.74) is 4.47. The molecule has 56 valence electrons. The number of allylic oxidation sites excluding steroid dienone is 1. The summed E-state index contributed by atoms with van der Waals surface area (Å²) in [5, 5.41) is 0. The van der Waals surface area contributed by atoms with Gasteiger partial charge in [0, 0.05) is 18.9 Å². The molecule has 0 radical (unpaired) electrons. The molecule has 1 nitrogen and oxygen atoms in total. The first-order chi connectivity index (χ1) is 4.63. The molecule has 0 N–H and O–H groups in total. The highest BCUT2D eigenvalue weighted by molar-refractivity contribution is 5.94. The SMILES string of the molecule is CC1=C(C)C(C)=[N+](C)CC1. The summed E-state index contributed by atoms with van der Waals surface area (Å²) in [6.45, 7) is 7.82. The van der Waals surface area contributed by atoms with Gasteiger partial charge in [0.1, 0.15) is 13.6 Å². The van der Waals surface area contributed by atoms with Gasteiger partial charge in [-0.3, -0.25) is 0 Å². The van der Waals surface area contributed by atoms with E-state index in [-0.39, 0.29) is 0 Å². The van der Waals surface area contributed by atoms with Crippen molar-refractivity contribution in [3.8, 4) is 0 Å². The van der Waals surface area contributed by atoms with Crippen LogP contribution in [0.25, 0.3) is 0 Å². The molecule has 0 unspecified atom stereocenters. The van der Waals surface area contributed by atoms with Crippen LogP contribution in [0, 0.1) is 0 Å². The summed E-state index contributed by atoms with van der Waals surface area (Å²) in [6, 6.07) is 0. The third kappa shape index (κ3) is 1.13. The summed E-state index contributed by atoms with van der Waals surface area (Å²) in [5.74, 6) is 0. The second kappa shape index (κ2) is 2.57. The fraction of sp³-hybridized carbons (Fsp3) is 0.667. The van der Waals surface area contributed by atoms with Gasteiger partial charge in [-0.25, -0.2) is 4.58 Å². The van der Waals surface area contributed by atoms with Gasteiger partial charge in [-0.05, 0) is 13.8 Å². The molecular formula is C9H16N+. The van der Waals surface area contributed by atoms with Crippen LogP contribution in [0.1, 0.15) is 27.2 Å². The lowest BCUT2D eigenvalue weighted by Crippen LogP contribution is -2.22. The van der Waals surface area contributed by atoms with E-state index in [2.05, 4.69) is 32.4 Å². The molecule has 0 aromatic heterocycles. The van der Waals surface area contributed by atoms with E-state index in [1.54, 1.807) is 5.57 Å². The Hall–Kier alpha value is -0.590. The van der Waals surface area contributed by atoms with Crippen molar-refractivity contribution in [2.45, 2.75) is 27.2 Å². The fourth-order valence-electron chi connectivity index (χ4n) is 1.29. The lowest BCUT2D eigenvalue weighted by atomic mass is 10.0. The van der Waals surface area contributed by atoms with Crippen LogP contribution in [0.5, 0.6) is 0 Å². The van der Waals surface area contributed by atoms with Crippen molar-refractivity contribution in [1.82, 2.24) is 0 Å². The predicted octanol–water partition coefficient (Wildman–Crippen LogP) is 1.83. The lowest BCUT2D eigenvalue weighted by molar-refractivity contribution is -0.498. The zero-order chi connectivity index (χ0) is 7.72. The van der Waals surface area contributed by atoms with Gasteiger partial charge in [-0.1, -0.05) is 5.57 Å². The lowest BCUT2D eigenvalue weighted by Gasteiger charge is -2.12. The first-order valence-corrected chi connectivity index (χ1v) is 3.84. The van der Waals surface area contributed by atoms with E-state index >= 15 is 0 Å². The van der Waals surface area contributed by atoms with Crippen molar-refractivity contribution in [2.75, 3.05) is 13.6 Å². The molecule has 0 spiro atoms. The molecule has 0 fully saturated rings. The van der Waals surface area contributed by atoms with E-state index in [1.165, 1.54) is 24.3 Å². The topological polar surface area (TPSA) is 3.01 Å². The van der Waals surface area contributed by atoms with Gasteiger partial charge < -0.3 is 0 Å². The highest BCUT2D eigenvalue weighted by Crippen LogP contribution is 2.13. The van der Waals surface area contributed by atoms with E-state index < -0.39 is 0 Å². The van der Waals surface area contributed by atoms with Crippen LogP contribution in [-0.4, -0.2) is 23.9 Å². The molecule has 1 aliphatic heterocycles. The first-order valence-electron chi connectivity index (χ1n) is 3.84. The van der Waals surface area contributed by atoms with Crippen molar-refractivity contribution in [3.05, 3.63) is 11.1 Å². The van der Waals surface area contributed by atoms with E-state index in [0.717, 1.165) is 0 Å². The van der Waals surface area contributed by atoms with E-state index in [1.807, 2.05) is 0 Å². The first kappa shape index (κ1) is 7.52. The highest BCUT2D eigenvalue weighted by atomic mass is 15.0. The molecule has 0 aromatic rings. The molecule has 0 aromatic carbocycles. The predicted molar refractivity (Wildman–Crippen MR) is 44.7 cm³/mol. The quantitative estimate of drug-likeness (QED) is 0.449. The highest BCUT2D eigenvalue weighted by Gasteiger charge is 2.15. The largest absolute Gasteiger partial charge is 0.236 e. The van der Waals surface area contributed by atoms with Crippen molar-refractivity contribution < 1.29 is 4.58 Å². The molecule has 0 saturated carbocycles. The Kier molecular flexibility index (Phi) is 1.93. The molecule has 0 bridgehead atoms. The third-order valence-electron chi connectivity index (χ3n) is 2.58. The Morgan fingerprint density at radius 1 is 1.20 bits per heavy atom. The summed E-state index contributed by atoms with van der Waals surface area (Å²) >= 11 is 0. The molecule has 0 aliphatic carbocycles. The van der Waals surface area contributed by atoms with Crippen LogP contribution in [0.2, 0.25) is 0 Å². The van der Waals surface area contributed by atoms with Crippen LogP contribution in [0.3, 0.4) is 0 Å². The second-order valence-corrected chi connectivity index (χ2v) is 3.16. The van der Waals surface area contributed by atoms with E-state index in [0.29, 0.717) is 0 Å². The van der Waals surface area contributed by atoms with Crippen molar-refractivity contribution in [3.63, 3.8) is 0 Å². The van der Waals surface area contributed by atoms with Crippen molar-refractivity contribution in [1.29, 1.82) is 0 Å². The van der Waals surface area contributed by atoms with Gasteiger partial charge in [0.2, 0.25) is 0 Å². The summed E-state index contributed by atoms with van der Waals surface area (Å²) in [4.78, 5) is 0. The molecule has 1 heteroatoms. The van der Waals surface area contributed by atoms with Gasteiger partial charge in [-0.2, -0.15) is 0 Å². The Bertz CT molecular complexity index is 185. The molecule has 0 amide bonds. The molecule has 1 rings (SSSR count). The molecule has 1 heterocycles. The third-order valence-corrected chi connectivity index (χ3v) is 2.58. The Morgan fingerprint density at radius 2 is 1.80 bits per heavy atom. The van der Waals surface area contributed by atoms with Crippen LogP contribution in [0.15, 0.2) is 11.1 Å². The number of nitrogens with zero attached hydrogens (tertiary/aromatic N) is 1. The van der Waals surface area contributed by atoms with E-state index in [9.17, 15) is 0 Å². The van der Waals surface area contributed by atoms with Crippen LogP contribution in [-0.2, 0) is 0 Å². The molecule has 1 aliphatic rings. The fourth-order valence-corrected chi connectivity index (χ4v) is 1.29. The zero-order valence-electron chi connectivity index (χ0n) is 7.36. The maximum Gasteiger partial charge on any atom is 0.175 e. The van der Waals surface area contributed by atoms with Gasteiger partial charge >= 0.3 is 0 Å². The number of hydrogen-bond acceptors (Lipinski definition) is 0. The Balaban J connectivity index is 3.01. The van der Waals surface area contributed by atoms with Crippen LogP contribution < -0.4 is 0 Å². The smallest absolute Gasteiger partial charge is 0.175 e. The maximum atomic E-state index is 2.32. The molecule has 10 heavy (non-hydrogen) atoms. The van der Waals surface area contributed by atoms with Gasteiger partial charge in [0.15, 0.2) is 5.71 Å². The van der Waals surface area contributed by atoms with Crippen LogP contribution >= 0.6 is 0 Å². The van der Waals surface area contributed by atoms with Gasteiger partial charge in [0.05, 0.1) is 0 Å². The minimum atomic E-state index is 1.19. The minimum absolute atomic E-state index is 1.19. The molecular weight excluding hydrogens is 122 g/mol. The summed E-state index contributed by atoms with van der Waals surface area (Å²) < 4.78 is 2.32. The zero-order valence-corrected chi connectivity index (χ0v) is 7.36. The second-order valence-electron chi connectivity index (χ2n) is 3.16. The van der Waals surface area contributed by atoms with E-state index in [4.69, 9.17) is 0 Å².